The second-order valence-corrected chi connectivity index (χ2v) is 6.19. The zero-order chi connectivity index (χ0) is 16.3. The lowest BCUT2D eigenvalue weighted by Gasteiger charge is -2.12. The van der Waals surface area contributed by atoms with Crippen LogP contribution in [-0.4, -0.2) is 22.0 Å². The Kier molecular flexibility index (Phi) is 4.92. The number of aromatic nitrogens is 1. The SMILES string of the molecule is Cc1ccccc1CC(=O)NC(C)c1nc(C)c(C(=O)O)s1. The maximum atomic E-state index is 12.1. The van der Waals surface area contributed by atoms with Gasteiger partial charge in [0.15, 0.2) is 0 Å². The second kappa shape index (κ2) is 6.70. The number of aryl methyl sites for hydroxylation is 2. The van der Waals surface area contributed by atoms with E-state index in [0.29, 0.717) is 17.1 Å². The number of nitrogens with one attached hydrogen (secondary N) is 1. The number of carboxylic acids is 1. The van der Waals surface area contributed by atoms with Crippen molar-refractivity contribution in [1.29, 1.82) is 0 Å². The van der Waals surface area contributed by atoms with E-state index in [2.05, 4.69) is 10.3 Å². The number of carbonyl (C=O) groups is 2. The predicted molar refractivity (Wildman–Crippen MR) is 85.3 cm³/mol. The molecule has 5 nitrogen and oxygen atoms in total. The van der Waals surface area contributed by atoms with Crippen molar-refractivity contribution in [3.05, 3.63) is 51.0 Å². The molecular formula is C16H18N2O3S. The van der Waals surface area contributed by atoms with Gasteiger partial charge >= 0.3 is 5.97 Å². The molecule has 22 heavy (non-hydrogen) atoms. The smallest absolute Gasteiger partial charge is 0.347 e. The summed E-state index contributed by atoms with van der Waals surface area (Å²) in [7, 11) is 0. The maximum Gasteiger partial charge on any atom is 0.347 e. The van der Waals surface area contributed by atoms with E-state index in [1.54, 1.807) is 13.8 Å². The van der Waals surface area contributed by atoms with Crippen LogP contribution in [0, 0.1) is 13.8 Å². The van der Waals surface area contributed by atoms with Gasteiger partial charge < -0.3 is 10.4 Å². The average Bonchev–Trinajstić information content (AvgIpc) is 2.83. The van der Waals surface area contributed by atoms with Crippen LogP contribution < -0.4 is 5.32 Å². The van der Waals surface area contributed by atoms with Crippen molar-refractivity contribution in [2.75, 3.05) is 0 Å². The van der Waals surface area contributed by atoms with E-state index < -0.39 is 5.97 Å². The molecule has 0 aliphatic rings. The highest BCUT2D eigenvalue weighted by Crippen LogP contribution is 2.23. The van der Waals surface area contributed by atoms with Crippen molar-refractivity contribution in [3.63, 3.8) is 0 Å². The third-order valence-corrected chi connectivity index (χ3v) is 4.70. The Hall–Kier alpha value is -2.21. The van der Waals surface area contributed by atoms with Crippen molar-refractivity contribution in [1.82, 2.24) is 10.3 Å². The van der Waals surface area contributed by atoms with E-state index in [-0.39, 0.29) is 16.8 Å². The Bertz CT molecular complexity index is 709. The summed E-state index contributed by atoms with van der Waals surface area (Å²) in [5.41, 5.74) is 2.53. The highest BCUT2D eigenvalue weighted by molar-refractivity contribution is 7.13. The summed E-state index contributed by atoms with van der Waals surface area (Å²) >= 11 is 1.10. The largest absolute Gasteiger partial charge is 0.477 e. The van der Waals surface area contributed by atoms with Crippen molar-refractivity contribution >= 4 is 23.2 Å². The molecule has 0 aliphatic heterocycles. The van der Waals surface area contributed by atoms with Gasteiger partial charge in [-0.05, 0) is 31.9 Å². The molecule has 0 bridgehead atoms. The van der Waals surface area contributed by atoms with Crippen molar-refractivity contribution < 1.29 is 14.7 Å². The third kappa shape index (κ3) is 3.71. The Morgan fingerprint density at radius 2 is 2.00 bits per heavy atom. The molecule has 2 rings (SSSR count). The Morgan fingerprint density at radius 1 is 1.32 bits per heavy atom. The normalized spacial score (nSPS) is 12.0. The number of carboxylic acid groups (broad SMARTS) is 1. The van der Waals surface area contributed by atoms with Crippen LogP contribution in [0.5, 0.6) is 0 Å². The van der Waals surface area contributed by atoms with E-state index in [1.807, 2.05) is 31.2 Å². The first-order chi connectivity index (χ1) is 10.4. The van der Waals surface area contributed by atoms with E-state index in [1.165, 1.54) is 0 Å². The number of aromatic carboxylic acids is 1. The number of rotatable bonds is 5. The number of nitrogens with zero attached hydrogens (tertiary/aromatic N) is 1. The molecule has 0 radical (unpaired) electrons. The first-order valence-electron chi connectivity index (χ1n) is 6.93. The minimum atomic E-state index is -0.986. The van der Waals surface area contributed by atoms with Crippen molar-refractivity contribution in [2.24, 2.45) is 0 Å². The monoisotopic (exact) mass is 318 g/mol. The van der Waals surface area contributed by atoms with Gasteiger partial charge in [-0.25, -0.2) is 9.78 Å². The molecule has 6 heteroatoms. The van der Waals surface area contributed by atoms with Gasteiger partial charge in [-0.2, -0.15) is 0 Å². The summed E-state index contributed by atoms with van der Waals surface area (Å²) in [6.07, 6.45) is 0.299. The van der Waals surface area contributed by atoms with Crippen LogP contribution in [-0.2, 0) is 11.2 Å². The molecule has 2 aromatic rings. The Morgan fingerprint density at radius 3 is 2.59 bits per heavy atom. The summed E-state index contributed by atoms with van der Waals surface area (Å²) in [6, 6.07) is 7.42. The fraction of sp³-hybridized carbons (Fsp3) is 0.312. The zero-order valence-electron chi connectivity index (χ0n) is 12.7. The molecule has 1 atom stereocenters. The van der Waals surface area contributed by atoms with Gasteiger partial charge in [-0.15, -0.1) is 11.3 Å². The van der Waals surface area contributed by atoms with Gasteiger partial charge in [0.05, 0.1) is 18.2 Å². The number of benzene rings is 1. The van der Waals surface area contributed by atoms with Gasteiger partial charge in [0, 0.05) is 0 Å². The zero-order valence-corrected chi connectivity index (χ0v) is 13.5. The quantitative estimate of drug-likeness (QED) is 0.888. The van der Waals surface area contributed by atoms with Crippen LogP contribution >= 0.6 is 11.3 Å². The standard InChI is InChI=1S/C16H18N2O3S/c1-9-6-4-5-7-12(9)8-13(19)17-11(3)15-18-10(2)14(22-15)16(20)21/h4-7,11H,8H2,1-3H3,(H,17,19)(H,20,21). The lowest BCUT2D eigenvalue weighted by atomic mass is 10.1. The number of carbonyl (C=O) groups excluding carboxylic acids is 1. The summed E-state index contributed by atoms with van der Waals surface area (Å²) in [5.74, 6) is -1.09. The maximum absolute atomic E-state index is 12.1. The van der Waals surface area contributed by atoms with Crippen LogP contribution in [0.4, 0.5) is 0 Å². The molecule has 116 valence electrons. The molecule has 0 aliphatic carbocycles. The van der Waals surface area contributed by atoms with E-state index in [9.17, 15) is 9.59 Å². The van der Waals surface area contributed by atoms with Gasteiger partial charge in [0.25, 0.3) is 0 Å². The molecule has 1 amide bonds. The van der Waals surface area contributed by atoms with Crippen LogP contribution in [0.15, 0.2) is 24.3 Å². The Labute approximate surface area is 133 Å². The molecular weight excluding hydrogens is 300 g/mol. The van der Waals surface area contributed by atoms with Gasteiger partial charge in [0.1, 0.15) is 9.88 Å². The number of hydrogen-bond acceptors (Lipinski definition) is 4. The van der Waals surface area contributed by atoms with Gasteiger partial charge in [-0.1, -0.05) is 24.3 Å². The summed E-state index contributed by atoms with van der Waals surface area (Å²) < 4.78 is 0. The van der Waals surface area contributed by atoms with E-state index in [4.69, 9.17) is 5.11 Å². The molecule has 2 N–H and O–H groups in total. The van der Waals surface area contributed by atoms with Crippen LogP contribution in [0.2, 0.25) is 0 Å². The molecule has 1 aromatic carbocycles. The van der Waals surface area contributed by atoms with Crippen LogP contribution in [0.25, 0.3) is 0 Å². The first-order valence-corrected chi connectivity index (χ1v) is 7.74. The number of hydrogen-bond donors (Lipinski definition) is 2. The van der Waals surface area contributed by atoms with E-state index in [0.717, 1.165) is 22.5 Å². The minimum absolute atomic E-state index is 0.105. The molecule has 1 aromatic heterocycles. The topological polar surface area (TPSA) is 79.3 Å². The Balaban J connectivity index is 2.04. The predicted octanol–water partition coefficient (Wildman–Crippen LogP) is 2.88. The highest BCUT2D eigenvalue weighted by Gasteiger charge is 2.19. The lowest BCUT2D eigenvalue weighted by Crippen LogP contribution is -2.28. The average molecular weight is 318 g/mol. The molecule has 0 fully saturated rings. The van der Waals surface area contributed by atoms with E-state index >= 15 is 0 Å². The molecule has 0 saturated heterocycles. The molecule has 1 heterocycles. The number of amides is 1. The fourth-order valence-corrected chi connectivity index (χ4v) is 3.04. The first kappa shape index (κ1) is 16.2. The van der Waals surface area contributed by atoms with Gasteiger partial charge in [0.2, 0.25) is 5.91 Å². The minimum Gasteiger partial charge on any atom is -0.477 e. The van der Waals surface area contributed by atoms with Crippen LogP contribution in [0.1, 0.15) is 44.5 Å². The van der Waals surface area contributed by atoms with Gasteiger partial charge in [-0.3, -0.25) is 4.79 Å². The fourth-order valence-electron chi connectivity index (χ4n) is 2.14. The third-order valence-electron chi connectivity index (χ3n) is 3.37. The molecule has 0 saturated carbocycles. The van der Waals surface area contributed by atoms with Crippen LogP contribution in [0.3, 0.4) is 0 Å². The summed E-state index contributed by atoms with van der Waals surface area (Å²) in [6.45, 7) is 5.43. The molecule has 1 unspecified atom stereocenters. The number of thiazole rings is 1. The van der Waals surface area contributed by atoms with Crippen molar-refractivity contribution in [3.8, 4) is 0 Å². The molecule has 0 spiro atoms. The second-order valence-electron chi connectivity index (χ2n) is 5.16. The highest BCUT2D eigenvalue weighted by atomic mass is 32.1. The lowest BCUT2D eigenvalue weighted by molar-refractivity contribution is -0.121. The summed E-state index contributed by atoms with van der Waals surface area (Å²) in [4.78, 5) is 27.6. The van der Waals surface area contributed by atoms with Crippen molar-refractivity contribution in [2.45, 2.75) is 33.2 Å². The summed E-state index contributed by atoms with van der Waals surface area (Å²) in [5, 5.41) is 12.5.